The predicted molar refractivity (Wildman–Crippen MR) is 132 cm³/mol. The van der Waals surface area contributed by atoms with Crippen LogP contribution in [0.3, 0.4) is 0 Å². The van der Waals surface area contributed by atoms with Crippen molar-refractivity contribution >= 4 is 12.3 Å². The molecule has 4 rings (SSSR count). The van der Waals surface area contributed by atoms with Gasteiger partial charge in [-0.05, 0) is 62.9 Å². The first kappa shape index (κ1) is 26.9. The van der Waals surface area contributed by atoms with Gasteiger partial charge in [-0.1, -0.05) is 36.4 Å². The molecule has 0 atom stereocenters. The Morgan fingerprint density at radius 1 is 1.05 bits per heavy atom. The molecule has 1 spiro atoms. The van der Waals surface area contributed by atoms with Crippen LogP contribution in [0.15, 0.2) is 59.8 Å². The van der Waals surface area contributed by atoms with Crippen molar-refractivity contribution in [3.8, 4) is 0 Å². The van der Waals surface area contributed by atoms with Crippen LogP contribution in [0.4, 0.5) is 17.6 Å². The van der Waals surface area contributed by atoms with E-state index >= 15 is 0 Å². The van der Waals surface area contributed by atoms with E-state index in [4.69, 9.17) is 0 Å². The maximum Gasteiger partial charge on any atom is 0.416 e. The van der Waals surface area contributed by atoms with E-state index in [1.165, 1.54) is 0 Å². The van der Waals surface area contributed by atoms with Gasteiger partial charge in [0.25, 0.3) is 5.91 Å². The first-order chi connectivity index (χ1) is 17.7. The molecule has 37 heavy (non-hydrogen) atoms. The molecular weight excluding hydrogens is 486 g/mol. The zero-order chi connectivity index (χ0) is 26.6. The smallest absolute Gasteiger partial charge is 0.342 e. The second kappa shape index (κ2) is 11.0. The minimum Gasteiger partial charge on any atom is -0.342 e. The highest BCUT2D eigenvalue weighted by molar-refractivity contribution is 5.96. The molecular formula is C28H31F4N3O2. The average Bonchev–Trinajstić information content (AvgIpc) is 3.24. The van der Waals surface area contributed by atoms with Gasteiger partial charge in [-0.15, -0.1) is 0 Å². The van der Waals surface area contributed by atoms with Gasteiger partial charge in [0, 0.05) is 35.8 Å². The van der Waals surface area contributed by atoms with Crippen molar-refractivity contribution in [3.05, 3.63) is 82.3 Å². The second-order valence-electron chi connectivity index (χ2n) is 9.81. The summed E-state index contributed by atoms with van der Waals surface area (Å²) in [6, 6.07) is 12.5. The molecule has 2 aliphatic rings. The monoisotopic (exact) mass is 517 g/mol. The molecule has 0 unspecified atom stereocenters. The van der Waals surface area contributed by atoms with Crippen LogP contribution < -0.4 is 5.32 Å². The highest BCUT2D eigenvalue weighted by Gasteiger charge is 2.47. The fourth-order valence-electron chi connectivity index (χ4n) is 5.54. The molecule has 1 saturated heterocycles. The third-order valence-electron chi connectivity index (χ3n) is 7.59. The number of carbonyl (C=O) groups is 2. The Hall–Kier alpha value is -3.20. The van der Waals surface area contributed by atoms with Gasteiger partial charge in [0.05, 0.1) is 12.1 Å². The van der Waals surface area contributed by atoms with Gasteiger partial charge in [0.15, 0.2) is 0 Å². The van der Waals surface area contributed by atoms with E-state index in [1.807, 2.05) is 30.3 Å². The largest absolute Gasteiger partial charge is 0.416 e. The van der Waals surface area contributed by atoms with E-state index in [0.29, 0.717) is 69.4 Å². The van der Waals surface area contributed by atoms with E-state index < -0.39 is 35.1 Å². The number of nitrogens with zero attached hydrogens (tertiary/aromatic N) is 2. The molecule has 2 amide bonds. The molecule has 1 heterocycles. The number of rotatable bonds is 8. The van der Waals surface area contributed by atoms with Crippen LogP contribution in [0.2, 0.25) is 0 Å². The molecule has 5 nitrogen and oxygen atoms in total. The van der Waals surface area contributed by atoms with Crippen LogP contribution in [0, 0.1) is 11.2 Å². The van der Waals surface area contributed by atoms with Gasteiger partial charge < -0.3 is 15.1 Å². The Labute approximate surface area is 214 Å². The van der Waals surface area contributed by atoms with Gasteiger partial charge in [0.1, 0.15) is 5.82 Å². The lowest BCUT2D eigenvalue weighted by Gasteiger charge is -2.37. The van der Waals surface area contributed by atoms with Crippen molar-refractivity contribution in [1.29, 1.82) is 0 Å². The lowest BCUT2D eigenvalue weighted by molar-refractivity contribution is -0.139. The van der Waals surface area contributed by atoms with Gasteiger partial charge in [-0.25, -0.2) is 4.39 Å². The molecule has 0 saturated carbocycles. The fraction of sp³-hybridized carbons (Fsp3) is 0.429. The minimum atomic E-state index is -4.78. The van der Waals surface area contributed by atoms with Gasteiger partial charge in [-0.3, -0.25) is 9.59 Å². The number of nitrogens with one attached hydrogen (secondary N) is 1. The summed E-state index contributed by atoms with van der Waals surface area (Å²) in [6.45, 7) is 1.24. The molecule has 1 N–H and O–H groups in total. The van der Waals surface area contributed by atoms with E-state index in [9.17, 15) is 27.2 Å². The predicted octanol–water partition coefficient (Wildman–Crippen LogP) is 4.92. The van der Waals surface area contributed by atoms with Crippen LogP contribution in [0.25, 0.3) is 0 Å². The molecule has 0 aromatic heterocycles. The summed E-state index contributed by atoms with van der Waals surface area (Å²) in [4.78, 5) is 28.8. The van der Waals surface area contributed by atoms with Gasteiger partial charge in [-0.2, -0.15) is 13.2 Å². The van der Waals surface area contributed by atoms with Crippen molar-refractivity contribution in [2.75, 3.05) is 26.7 Å². The second-order valence-corrected chi connectivity index (χ2v) is 9.81. The Kier molecular flexibility index (Phi) is 8.02. The molecule has 9 heteroatoms. The first-order valence-corrected chi connectivity index (χ1v) is 12.5. The number of carbonyl (C=O) groups excluding carboxylic acids is 2. The standard InChI is InChI=1S/C28H31F4N3O2/c1-34(17-11-20-6-3-2-4-7-20)26(37)25-24(10-12-27(25)13-15-33-16-14-27)35(19-36)18-21-22(28(30,31)32)8-5-9-23(21)29/h2-9,19,33H,10-18H2,1H3. The lowest BCUT2D eigenvalue weighted by Crippen LogP contribution is -2.42. The number of amides is 2. The van der Waals surface area contributed by atoms with Crippen LogP contribution >= 0.6 is 0 Å². The van der Waals surface area contributed by atoms with Gasteiger partial charge in [0.2, 0.25) is 6.41 Å². The third kappa shape index (κ3) is 5.71. The number of benzene rings is 2. The van der Waals surface area contributed by atoms with Crippen molar-refractivity contribution in [1.82, 2.24) is 15.1 Å². The molecule has 1 aliphatic carbocycles. The fourth-order valence-corrected chi connectivity index (χ4v) is 5.54. The molecule has 2 aromatic rings. The number of halogens is 4. The SMILES string of the molecule is CN(CCc1ccccc1)C(=O)C1=C(N(C=O)Cc2c(F)cccc2C(F)(F)F)CCC12CCNCC2. The Balaban J connectivity index is 1.69. The maximum atomic E-state index is 14.6. The van der Waals surface area contributed by atoms with Crippen LogP contribution in [-0.4, -0.2) is 48.8 Å². The summed E-state index contributed by atoms with van der Waals surface area (Å²) >= 11 is 0. The Morgan fingerprint density at radius 3 is 2.41 bits per heavy atom. The number of likely N-dealkylation sites (N-methyl/N-ethyl adjacent to an activating group) is 1. The summed E-state index contributed by atoms with van der Waals surface area (Å²) < 4.78 is 55.5. The summed E-state index contributed by atoms with van der Waals surface area (Å²) in [5.74, 6) is -1.27. The summed E-state index contributed by atoms with van der Waals surface area (Å²) in [5, 5.41) is 3.30. The van der Waals surface area contributed by atoms with E-state index in [2.05, 4.69) is 5.32 Å². The molecule has 1 aliphatic heterocycles. The van der Waals surface area contributed by atoms with Crippen molar-refractivity contribution in [2.24, 2.45) is 5.41 Å². The molecule has 0 radical (unpaired) electrons. The summed E-state index contributed by atoms with van der Waals surface area (Å²) in [7, 11) is 1.70. The number of hydrogen-bond acceptors (Lipinski definition) is 3. The third-order valence-corrected chi connectivity index (χ3v) is 7.59. The van der Waals surface area contributed by atoms with Crippen LogP contribution in [-0.2, 0) is 28.7 Å². The minimum absolute atomic E-state index is 0.234. The Bertz CT molecular complexity index is 1160. The van der Waals surface area contributed by atoms with Crippen molar-refractivity contribution in [2.45, 2.75) is 44.8 Å². The molecule has 198 valence electrons. The lowest BCUT2D eigenvalue weighted by atomic mass is 9.73. The number of hydrogen-bond donors (Lipinski definition) is 1. The molecule has 2 aromatic carbocycles. The summed E-state index contributed by atoms with van der Waals surface area (Å²) in [5.41, 5.74) is -0.255. The average molecular weight is 518 g/mol. The topological polar surface area (TPSA) is 52.7 Å². The Morgan fingerprint density at radius 2 is 1.76 bits per heavy atom. The van der Waals surface area contributed by atoms with Crippen LogP contribution in [0.5, 0.6) is 0 Å². The van der Waals surface area contributed by atoms with Crippen LogP contribution in [0.1, 0.15) is 42.4 Å². The van der Waals surface area contributed by atoms with Gasteiger partial charge >= 0.3 is 6.18 Å². The normalized spacial score (nSPS) is 17.2. The highest BCUT2D eigenvalue weighted by atomic mass is 19.4. The maximum absolute atomic E-state index is 14.6. The highest BCUT2D eigenvalue weighted by Crippen LogP contribution is 2.50. The first-order valence-electron chi connectivity index (χ1n) is 12.5. The van der Waals surface area contributed by atoms with Crippen molar-refractivity contribution < 1.29 is 27.2 Å². The number of allylic oxidation sites excluding steroid dienone is 1. The molecule has 0 bridgehead atoms. The molecule has 1 fully saturated rings. The number of piperidine rings is 1. The summed E-state index contributed by atoms with van der Waals surface area (Å²) in [6.07, 6.45) is -1.37. The zero-order valence-electron chi connectivity index (χ0n) is 20.8. The van der Waals surface area contributed by atoms with E-state index in [-0.39, 0.29) is 5.91 Å². The quantitative estimate of drug-likeness (QED) is 0.400. The zero-order valence-corrected chi connectivity index (χ0v) is 20.8. The van der Waals surface area contributed by atoms with Crippen molar-refractivity contribution in [3.63, 3.8) is 0 Å². The number of alkyl halides is 3. The van der Waals surface area contributed by atoms with E-state index in [0.717, 1.165) is 28.7 Å². The van der Waals surface area contributed by atoms with E-state index in [1.54, 1.807) is 11.9 Å².